The number of ketones is 1. The molecule has 16 heavy (non-hydrogen) atoms. The number of hydrogen-bond donors (Lipinski definition) is 1. The second kappa shape index (κ2) is 4.96. The Kier molecular flexibility index (Phi) is 4.29. The molecule has 0 aromatic carbocycles. The summed E-state index contributed by atoms with van der Waals surface area (Å²) in [4.78, 5) is 12.0. The van der Waals surface area contributed by atoms with Gasteiger partial charge >= 0.3 is 0 Å². The van der Waals surface area contributed by atoms with Crippen LogP contribution >= 0.6 is 11.6 Å². The minimum atomic E-state index is -2.48. The summed E-state index contributed by atoms with van der Waals surface area (Å²) in [7, 11) is 0. The third-order valence-corrected chi connectivity index (χ3v) is 3.13. The van der Waals surface area contributed by atoms with Gasteiger partial charge in [0, 0.05) is 10.8 Å². The molecule has 1 rings (SSSR count). The van der Waals surface area contributed by atoms with Crippen molar-refractivity contribution in [2.24, 2.45) is 5.41 Å². The summed E-state index contributed by atoms with van der Waals surface area (Å²) >= 11 is 5.92. The molecule has 1 fully saturated rings. The second-order valence-corrected chi connectivity index (χ2v) is 5.96. The number of carbonyl (C=O) groups excluding carboxylic acids is 1. The fourth-order valence-electron chi connectivity index (χ4n) is 1.90. The van der Waals surface area contributed by atoms with Gasteiger partial charge in [-0.25, -0.2) is 8.78 Å². The van der Waals surface area contributed by atoms with Gasteiger partial charge < -0.3 is 0 Å². The molecule has 0 bridgehead atoms. The lowest BCUT2D eigenvalue weighted by molar-refractivity contribution is -0.129. The van der Waals surface area contributed by atoms with Crippen molar-refractivity contribution >= 4 is 17.4 Å². The summed E-state index contributed by atoms with van der Waals surface area (Å²) in [5.74, 6) is -0.0523. The molecule has 3 atom stereocenters. The Bertz CT molecular complexity index is 265. The molecule has 1 aliphatic heterocycles. The zero-order chi connectivity index (χ0) is 12.5. The number of rotatable bonds is 2. The van der Waals surface area contributed by atoms with E-state index in [9.17, 15) is 13.6 Å². The highest BCUT2D eigenvalue weighted by Crippen LogP contribution is 2.27. The largest absolute Gasteiger partial charge is 0.299 e. The smallest absolute Gasteiger partial charge is 0.253 e. The van der Waals surface area contributed by atoms with Gasteiger partial charge in [0.1, 0.15) is 0 Å². The van der Waals surface area contributed by atoms with E-state index in [1.54, 1.807) is 20.8 Å². The molecule has 0 radical (unpaired) electrons. The molecule has 0 aliphatic carbocycles. The van der Waals surface area contributed by atoms with Crippen LogP contribution < -0.4 is 5.32 Å². The Morgan fingerprint density at radius 1 is 1.38 bits per heavy atom. The maximum absolute atomic E-state index is 12.6. The van der Waals surface area contributed by atoms with Crippen molar-refractivity contribution in [3.05, 3.63) is 0 Å². The van der Waals surface area contributed by atoms with Crippen LogP contribution in [0, 0.1) is 5.41 Å². The summed E-state index contributed by atoms with van der Waals surface area (Å²) in [5.41, 5.74) is -0.529. The van der Waals surface area contributed by atoms with Gasteiger partial charge in [0.25, 0.3) is 6.43 Å². The molecule has 5 heteroatoms. The van der Waals surface area contributed by atoms with Gasteiger partial charge in [0.15, 0.2) is 5.78 Å². The highest BCUT2D eigenvalue weighted by atomic mass is 35.5. The summed E-state index contributed by atoms with van der Waals surface area (Å²) < 4.78 is 25.2. The van der Waals surface area contributed by atoms with Crippen molar-refractivity contribution in [1.29, 1.82) is 0 Å². The Morgan fingerprint density at radius 2 is 1.94 bits per heavy atom. The van der Waals surface area contributed by atoms with Gasteiger partial charge in [0.05, 0.1) is 12.1 Å². The average Bonchev–Trinajstić information content (AvgIpc) is 2.14. The van der Waals surface area contributed by atoms with E-state index >= 15 is 0 Å². The third-order valence-electron chi connectivity index (χ3n) is 2.78. The van der Waals surface area contributed by atoms with E-state index in [1.807, 2.05) is 0 Å². The predicted molar refractivity (Wildman–Crippen MR) is 60.1 cm³/mol. The summed E-state index contributed by atoms with van der Waals surface area (Å²) in [6.45, 7) is 5.35. The van der Waals surface area contributed by atoms with E-state index in [4.69, 9.17) is 11.6 Å². The Balaban J connectivity index is 2.71. The van der Waals surface area contributed by atoms with Crippen LogP contribution in [-0.4, -0.2) is 29.7 Å². The molecule has 1 saturated heterocycles. The molecule has 0 saturated carbocycles. The lowest BCUT2D eigenvalue weighted by atomic mass is 9.82. The number of piperidine rings is 1. The molecule has 1 N–H and O–H groups in total. The molecule has 0 amide bonds. The van der Waals surface area contributed by atoms with Crippen LogP contribution in [0.15, 0.2) is 0 Å². The first-order valence-corrected chi connectivity index (χ1v) is 5.88. The molecule has 1 heterocycles. The Hall–Kier alpha value is -0.220. The zero-order valence-electron chi connectivity index (χ0n) is 9.77. The van der Waals surface area contributed by atoms with E-state index in [0.717, 1.165) is 0 Å². The molecule has 0 spiro atoms. The van der Waals surface area contributed by atoms with Crippen LogP contribution in [0.25, 0.3) is 0 Å². The van der Waals surface area contributed by atoms with Gasteiger partial charge in [-0.05, 0) is 12.8 Å². The van der Waals surface area contributed by atoms with Crippen molar-refractivity contribution in [2.45, 2.75) is 57.5 Å². The minimum absolute atomic E-state index is 0.0523. The van der Waals surface area contributed by atoms with Crippen LogP contribution in [0.1, 0.15) is 33.6 Å². The SMILES string of the molecule is CC(C)(C)C(=O)C1CC(Cl)CC(C(F)F)N1. The van der Waals surface area contributed by atoms with Crippen molar-refractivity contribution in [2.75, 3.05) is 0 Å². The van der Waals surface area contributed by atoms with Crippen molar-refractivity contribution in [3.8, 4) is 0 Å². The molecular formula is C11H18ClF2NO. The number of alkyl halides is 3. The van der Waals surface area contributed by atoms with E-state index in [0.29, 0.717) is 6.42 Å². The van der Waals surface area contributed by atoms with Crippen molar-refractivity contribution < 1.29 is 13.6 Å². The Labute approximate surface area is 99.7 Å². The quantitative estimate of drug-likeness (QED) is 0.767. The molecule has 0 aromatic rings. The fourth-order valence-corrected chi connectivity index (χ4v) is 2.27. The minimum Gasteiger partial charge on any atom is -0.299 e. The second-order valence-electron chi connectivity index (χ2n) is 5.34. The lowest BCUT2D eigenvalue weighted by Gasteiger charge is -2.35. The van der Waals surface area contributed by atoms with Gasteiger partial charge in [-0.15, -0.1) is 11.6 Å². The first kappa shape index (κ1) is 13.8. The fraction of sp³-hybridized carbons (Fsp3) is 0.909. The van der Waals surface area contributed by atoms with Crippen LogP contribution in [0.5, 0.6) is 0 Å². The number of carbonyl (C=O) groups is 1. The predicted octanol–water partition coefficient (Wildman–Crippen LogP) is 2.59. The number of hydrogen-bond acceptors (Lipinski definition) is 2. The van der Waals surface area contributed by atoms with E-state index in [1.165, 1.54) is 0 Å². The van der Waals surface area contributed by atoms with Crippen molar-refractivity contribution in [3.63, 3.8) is 0 Å². The molecule has 94 valence electrons. The zero-order valence-corrected chi connectivity index (χ0v) is 10.5. The molecule has 0 aromatic heterocycles. The van der Waals surface area contributed by atoms with Gasteiger partial charge in [0.2, 0.25) is 0 Å². The van der Waals surface area contributed by atoms with E-state index in [-0.39, 0.29) is 17.6 Å². The summed E-state index contributed by atoms with van der Waals surface area (Å²) in [6.07, 6.45) is -1.83. The lowest BCUT2D eigenvalue weighted by Crippen LogP contribution is -2.55. The highest BCUT2D eigenvalue weighted by Gasteiger charge is 2.38. The first-order valence-electron chi connectivity index (χ1n) is 5.44. The van der Waals surface area contributed by atoms with Gasteiger partial charge in [-0.3, -0.25) is 10.1 Å². The number of Topliss-reactive ketones (excluding diaryl/α,β-unsaturated/α-hetero) is 1. The van der Waals surface area contributed by atoms with Crippen LogP contribution in [-0.2, 0) is 4.79 Å². The van der Waals surface area contributed by atoms with E-state index in [2.05, 4.69) is 5.32 Å². The monoisotopic (exact) mass is 253 g/mol. The first-order chi connectivity index (χ1) is 7.21. The van der Waals surface area contributed by atoms with Gasteiger partial charge in [-0.2, -0.15) is 0 Å². The molecule has 2 nitrogen and oxygen atoms in total. The van der Waals surface area contributed by atoms with Crippen LogP contribution in [0.4, 0.5) is 8.78 Å². The topological polar surface area (TPSA) is 29.1 Å². The summed E-state index contributed by atoms with van der Waals surface area (Å²) in [5, 5.41) is 2.36. The molecule has 3 unspecified atom stereocenters. The van der Waals surface area contributed by atoms with E-state index < -0.39 is 23.9 Å². The Morgan fingerprint density at radius 3 is 2.38 bits per heavy atom. The maximum atomic E-state index is 12.6. The summed E-state index contributed by atoms with van der Waals surface area (Å²) in [6, 6.07) is -1.51. The normalized spacial score (nSPS) is 31.8. The molecule has 1 aliphatic rings. The molecular weight excluding hydrogens is 236 g/mol. The standard InChI is InChI=1S/C11H18ClF2NO/c1-11(2,3)9(16)7-4-6(12)5-8(15-7)10(13)14/h6-8,10,15H,4-5H2,1-3H3. The average molecular weight is 254 g/mol. The van der Waals surface area contributed by atoms with Crippen molar-refractivity contribution in [1.82, 2.24) is 5.32 Å². The number of nitrogens with one attached hydrogen (secondary N) is 1. The van der Waals surface area contributed by atoms with Crippen LogP contribution in [0.3, 0.4) is 0 Å². The van der Waals surface area contributed by atoms with Gasteiger partial charge in [-0.1, -0.05) is 20.8 Å². The third kappa shape index (κ3) is 3.39. The highest BCUT2D eigenvalue weighted by molar-refractivity contribution is 6.20. The number of halogens is 3. The maximum Gasteiger partial charge on any atom is 0.253 e. The van der Waals surface area contributed by atoms with Crippen LogP contribution in [0.2, 0.25) is 0 Å².